The summed E-state index contributed by atoms with van der Waals surface area (Å²) in [6.45, 7) is 6.09. The molecule has 0 spiro atoms. The van der Waals surface area contributed by atoms with Crippen molar-refractivity contribution in [2.75, 3.05) is 20.1 Å². The van der Waals surface area contributed by atoms with Crippen molar-refractivity contribution in [3.63, 3.8) is 0 Å². The Morgan fingerprint density at radius 2 is 2.20 bits per heavy atom. The van der Waals surface area contributed by atoms with Gasteiger partial charge in [0.1, 0.15) is 0 Å². The topological polar surface area (TPSA) is 23.5 Å². The lowest BCUT2D eigenvalue weighted by molar-refractivity contribution is -0.0447. The van der Waals surface area contributed by atoms with Crippen molar-refractivity contribution < 1.29 is 5.11 Å². The van der Waals surface area contributed by atoms with E-state index in [-0.39, 0.29) is 0 Å². The van der Waals surface area contributed by atoms with Gasteiger partial charge in [0.2, 0.25) is 0 Å². The summed E-state index contributed by atoms with van der Waals surface area (Å²) in [5.74, 6) is 0.409. The highest BCUT2D eigenvalue weighted by atomic mass is 16.3. The zero-order valence-electron chi connectivity index (χ0n) is 7.09. The number of likely N-dealkylation sites (tertiary alicyclic amines) is 1. The molecule has 10 heavy (non-hydrogen) atoms. The van der Waals surface area contributed by atoms with Crippen LogP contribution in [0.15, 0.2) is 0 Å². The van der Waals surface area contributed by atoms with Gasteiger partial charge >= 0.3 is 0 Å². The fraction of sp³-hybridized carbons (Fsp3) is 1.00. The molecular formula is C8H17NO. The van der Waals surface area contributed by atoms with Gasteiger partial charge in [-0.2, -0.15) is 0 Å². The summed E-state index contributed by atoms with van der Waals surface area (Å²) in [7, 11) is 2.10. The minimum absolute atomic E-state index is 0.409. The van der Waals surface area contributed by atoms with Gasteiger partial charge < -0.3 is 10.0 Å². The van der Waals surface area contributed by atoms with Crippen molar-refractivity contribution in [2.24, 2.45) is 5.92 Å². The van der Waals surface area contributed by atoms with E-state index < -0.39 is 5.60 Å². The van der Waals surface area contributed by atoms with E-state index in [0.29, 0.717) is 5.92 Å². The van der Waals surface area contributed by atoms with E-state index in [1.807, 2.05) is 6.92 Å². The molecule has 1 rings (SSSR count). The van der Waals surface area contributed by atoms with Gasteiger partial charge in [0, 0.05) is 13.1 Å². The second kappa shape index (κ2) is 2.51. The van der Waals surface area contributed by atoms with Gasteiger partial charge in [-0.05, 0) is 26.3 Å². The number of piperidine rings is 1. The molecule has 0 amide bonds. The van der Waals surface area contributed by atoms with E-state index in [4.69, 9.17) is 0 Å². The molecule has 0 aromatic heterocycles. The summed E-state index contributed by atoms with van der Waals surface area (Å²) in [5, 5.41) is 9.73. The molecule has 1 N–H and O–H groups in total. The van der Waals surface area contributed by atoms with E-state index in [1.54, 1.807) is 0 Å². The SMILES string of the molecule is CC1CN(C)CCC1(C)O. The Bertz CT molecular complexity index is 122. The van der Waals surface area contributed by atoms with E-state index in [1.165, 1.54) is 0 Å². The third-order valence-electron chi connectivity index (χ3n) is 2.65. The minimum atomic E-state index is -0.424. The van der Waals surface area contributed by atoms with Crippen LogP contribution < -0.4 is 0 Å². The number of hydrogen-bond acceptors (Lipinski definition) is 2. The van der Waals surface area contributed by atoms with Crippen LogP contribution in [0.1, 0.15) is 20.3 Å². The summed E-state index contributed by atoms with van der Waals surface area (Å²) >= 11 is 0. The summed E-state index contributed by atoms with van der Waals surface area (Å²) in [6, 6.07) is 0. The van der Waals surface area contributed by atoms with Crippen LogP contribution in [0.4, 0.5) is 0 Å². The summed E-state index contributed by atoms with van der Waals surface area (Å²) < 4.78 is 0. The zero-order valence-corrected chi connectivity index (χ0v) is 7.09. The molecule has 0 aromatic carbocycles. The molecule has 1 heterocycles. The van der Waals surface area contributed by atoms with Crippen molar-refractivity contribution in [1.82, 2.24) is 4.90 Å². The first-order valence-corrected chi connectivity index (χ1v) is 3.93. The van der Waals surface area contributed by atoms with Gasteiger partial charge in [0.25, 0.3) is 0 Å². The second-order valence-electron chi connectivity index (χ2n) is 3.77. The molecule has 0 saturated carbocycles. The normalized spacial score (nSPS) is 43.8. The highest BCUT2D eigenvalue weighted by molar-refractivity contribution is 4.85. The molecule has 1 aliphatic rings. The fourth-order valence-corrected chi connectivity index (χ4v) is 1.42. The van der Waals surface area contributed by atoms with Gasteiger partial charge in [0.05, 0.1) is 5.60 Å². The zero-order chi connectivity index (χ0) is 7.78. The maximum absolute atomic E-state index is 9.73. The van der Waals surface area contributed by atoms with E-state index >= 15 is 0 Å². The highest BCUT2D eigenvalue weighted by Gasteiger charge is 2.32. The van der Waals surface area contributed by atoms with Crippen molar-refractivity contribution in [1.29, 1.82) is 0 Å². The fourth-order valence-electron chi connectivity index (χ4n) is 1.42. The standard InChI is InChI=1S/C8H17NO/c1-7-6-9(3)5-4-8(7,2)10/h7,10H,4-6H2,1-3H3. The van der Waals surface area contributed by atoms with Crippen LogP contribution in [-0.2, 0) is 0 Å². The number of hydrogen-bond donors (Lipinski definition) is 1. The highest BCUT2D eigenvalue weighted by Crippen LogP contribution is 2.25. The lowest BCUT2D eigenvalue weighted by atomic mass is 9.84. The van der Waals surface area contributed by atoms with Gasteiger partial charge in [-0.1, -0.05) is 6.92 Å². The maximum atomic E-state index is 9.73. The predicted octanol–water partition coefficient (Wildman–Crippen LogP) is 0.709. The van der Waals surface area contributed by atoms with Crippen molar-refractivity contribution >= 4 is 0 Å². The molecule has 2 atom stereocenters. The first kappa shape index (κ1) is 8.02. The average Bonchev–Trinajstić information content (AvgIpc) is 1.81. The largest absolute Gasteiger partial charge is 0.390 e. The number of aliphatic hydroxyl groups is 1. The summed E-state index contributed by atoms with van der Waals surface area (Å²) in [4.78, 5) is 2.27. The first-order chi connectivity index (χ1) is 4.52. The Kier molecular flexibility index (Phi) is 2.02. The molecule has 0 bridgehead atoms. The molecule has 2 heteroatoms. The van der Waals surface area contributed by atoms with Crippen LogP contribution in [0.2, 0.25) is 0 Å². The van der Waals surface area contributed by atoms with E-state index in [0.717, 1.165) is 19.5 Å². The van der Waals surface area contributed by atoms with Crippen LogP contribution in [0.5, 0.6) is 0 Å². The third kappa shape index (κ3) is 1.50. The first-order valence-electron chi connectivity index (χ1n) is 3.93. The molecule has 0 aromatic rings. The van der Waals surface area contributed by atoms with Crippen LogP contribution >= 0.6 is 0 Å². The molecule has 0 aliphatic carbocycles. The number of nitrogens with zero attached hydrogens (tertiary/aromatic N) is 1. The van der Waals surface area contributed by atoms with Crippen molar-refractivity contribution in [3.05, 3.63) is 0 Å². The molecule has 1 saturated heterocycles. The van der Waals surface area contributed by atoms with Crippen LogP contribution in [0.3, 0.4) is 0 Å². The summed E-state index contributed by atoms with van der Waals surface area (Å²) in [5.41, 5.74) is -0.424. The van der Waals surface area contributed by atoms with Gasteiger partial charge in [-0.3, -0.25) is 0 Å². The Morgan fingerprint density at radius 3 is 2.60 bits per heavy atom. The van der Waals surface area contributed by atoms with Crippen molar-refractivity contribution in [3.8, 4) is 0 Å². The minimum Gasteiger partial charge on any atom is -0.390 e. The number of rotatable bonds is 0. The Morgan fingerprint density at radius 1 is 1.60 bits per heavy atom. The van der Waals surface area contributed by atoms with Gasteiger partial charge in [-0.25, -0.2) is 0 Å². The Labute approximate surface area is 62.8 Å². The molecular weight excluding hydrogens is 126 g/mol. The monoisotopic (exact) mass is 143 g/mol. The molecule has 2 unspecified atom stereocenters. The molecule has 1 fully saturated rings. The van der Waals surface area contributed by atoms with Crippen molar-refractivity contribution in [2.45, 2.75) is 25.9 Å². The smallest absolute Gasteiger partial charge is 0.0669 e. The lowest BCUT2D eigenvalue weighted by Gasteiger charge is -2.39. The maximum Gasteiger partial charge on any atom is 0.0669 e. The molecule has 1 aliphatic heterocycles. The Hall–Kier alpha value is -0.0800. The molecule has 2 nitrogen and oxygen atoms in total. The average molecular weight is 143 g/mol. The van der Waals surface area contributed by atoms with E-state index in [9.17, 15) is 5.11 Å². The van der Waals surface area contributed by atoms with Gasteiger partial charge in [0.15, 0.2) is 0 Å². The quantitative estimate of drug-likeness (QED) is 0.540. The Balaban J connectivity index is 2.52. The third-order valence-corrected chi connectivity index (χ3v) is 2.65. The van der Waals surface area contributed by atoms with Crippen LogP contribution in [0.25, 0.3) is 0 Å². The second-order valence-corrected chi connectivity index (χ2v) is 3.77. The predicted molar refractivity (Wildman–Crippen MR) is 41.9 cm³/mol. The van der Waals surface area contributed by atoms with Crippen LogP contribution in [-0.4, -0.2) is 35.7 Å². The summed E-state index contributed by atoms with van der Waals surface area (Å²) in [6.07, 6.45) is 0.907. The lowest BCUT2D eigenvalue weighted by Crippen LogP contribution is -2.47. The van der Waals surface area contributed by atoms with E-state index in [2.05, 4.69) is 18.9 Å². The molecule has 60 valence electrons. The molecule has 0 radical (unpaired) electrons. The van der Waals surface area contributed by atoms with Crippen LogP contribution in [0, 0.1) is 5.92 Å². The van der Waals surface area contributed by atoms with Gasteiger partial charge in [-0.15, -0.1) is 0 Å².